The van der Waals surface area contributed by atoms with Gasteiger partial charge in [-0.25, -0.2) is 13.8 Å². The topological polar surface area (TPSA) is 60.3 Å². The first-order chi connectivity index (χ1) is 15.2. The van der Waals surface area contributed by atoms with Crippen molar-refractivity contribution in [3.63, 3.8) is 0 Å². The molecule has 1 aliphatic heterocycles. The Morgan fingerprint density at radius 3 is 2.75 bits per heavy atom. The lowest BCUT2D eigenvalue weighted by Gasteiger charge is -2.31. The largest absolute Gasteiger partial charge is 0.438 e. The normalized spacial score (nSPS) is 14.1. The summed E-state index contributed by atoms with van der Waals surface area (Å²) in [7, 11) is 0. The van der Waals surface area contributed by atoms with E-state index in [1.54, 1.807) is 6.07 Å². The molecule has 0 spiro atoms. The SMILES string of the molecule is O=c1c(Cl)c(N2CCc3c(ccnc3Oc3ccc(F)cc3C(F)(F)F)C2)cnn1PI. The number of alkyl halides is 3. The number of pyridine rings is 1. The number of rotatable bonds is 4. The van der Waals surface area contributed by atoms with E-state index >= 15 is 0 Å². The summed E-state index contributed by atoms with van der Waals surface area (Å²) in [4.78, 5) is 18.3. The van der Waals surface area contributed by atoms with Crippen LogP contribution in [0.3, 0.4) is 0 Å². The van der Waals surface area contributed by atoms with Crippen LogP contribution in [0.4, 0.5) is 23.2 Å². The molecule has 3 heterocycles. The number of nitrogens with zero attached hydrogens (tertiary/aromatic N) is 4. The molecule has 0 bridgehead atoms. The van der Waals surface area contributed by atoms with Gasteiger partial charge in [-0.3, -0.25) is 4.79 Å². The van der Waals surface area contributed by atoms with Crippen molar-refractivity contribution in [1.29, 1.82) is 0 Å². The smallest absolute Gasteiger partial charge is 0.420 e. The maximum atomic E-state index is 13.4. The number of hydrogen-bond acceptors (Lipinski definition) is 5. The zero-order valence-corrected chi connectivity index (χ0v) is 19.9. The summed E-state index contributed by atoms with van der Waals surface area (Å²) >= 11 is 8.29. The number of anilines is 1. The van der Waals surface area contributed by atoms with Gasteiger partial charge in [0.1, 0.15) is 22.2 Å². The lowest BCUT2D eigenvalue weighted by molar-refractivity contribution is -0.138. The minimum Gasteiger partial charge on any atom is -0.438 e. The number of hydrogen-bond donors (Lipinski definition) is 0. The predicted molar refractivity (Wildman–Crippen MR) is 122 cm³/mol. The van der Waals surface area contributed by atoms with Crippen LogP contribution < -0.4 is 15.2 Å². The average Bonchev–Trinajstić information content (AvgIpc) is 2.76. The molecule has 0 amide bonds. The molecular weight excluding hydrogens is 586 g/mol. The predicted octanol–water partition coefficient (Wildman–Crippen LogP) is 5.60. The maximum absolute atomic E-state index is 13.4. The molecule has 0 saturated carbocycles. The highest BCUT2D eigenvalue weighted by Crippen LogP contribution is 2.40. The molecule has 1 atom stereocenters. The van der Waals surface area contributed by atoms with E-state index in [1.807, 2.05) is 26.9 Å². The van der Waals surface area contributed by atoms with E-state index in [9.17, 15) is 22.4 Å². The van der Waals surface area contributed by atoms with Crippen molar-refractivity contribution >= 4 is 45.7 Å². The number of ether oxygens (including phenoxy) is 1. The first-order valence-corrected chi connectivity index (χ1v) is 13.5. The third-order valence-electron chi connectivity index (χ3n) is 4.88. The van der Waals surface area contributed by atoms with Gasteiger partial charge in [0.15, 0.2) is 0 Å². The van der Waals surface area contributed by atoms with Crippen molar-refractivity contribution in [3.05, 3.63) is 74.5 Å². The first kappa shape index (κ1) is 23.2. The number of benzene rings is 1. The monoisotopic (exact) mass is 598 g/mol. The molecule has 1 aliphatic rings. The molecule has 0 fully saturated rings. The Hall–Kier alpha value is -1.98. The third-order valence-corrected chi connectivity index (χ3v) is 7.09. The number of fused-ring (bicyclic) bond motifs is 1. The number of aromatic nitrogens is 3. The molecule has 0 radical (unpaired) electrons. The van der Waals surface area contributed by atoms with Crippen molar-refractivity contribution in [2.75, 3.05) is 11.4 Å². The van der Waals surface area contributed by atoms with E-state index in [4.69, 9.17) is 16.3 Å². The van der Waals surface area contributed by atoms with E-state index < -0.39 is 28.9 Å². The van der Waals surface area contributed by atoms with E-state index in [0.717, 1.165) is 17.7 Å². The van der Waals surface area contributed by atoms with Crippen LogP contribution in [-0.2, 0) is 19.1 Å². The highest BCUT2D eigenvalue weighted by Gasteiger charge is 2.35. The van der Waals surface area contributed by atoms with E-state index in [-0.39, 0.29) is 17.3 Å². The maximum Gasteiger partial charge on any atom is 0.420 e. The van der Waals surface area contributed by atoms with Crippen LogP contribution in [0, 0.1) is 5.82 Å². The second kappa shape index (κ2) is 9.11. The molecule has 0 saturated heterocycles. The van der Waals surface area contributed by atoms with Gasteiger partial charge >= 0.3 is 6.18 Å². The van der Waals surface area contributed by atoms with Crippen molar-refractivity contribution in [3.8, 4) is 11.6 Å². The zero-order valence-electron chi connectivity index (χ0n) is 16.0. The van der Waals surface area contributed by atoms with Crippen molar-refractivity contribution in [1.82, 2.24) is 14.5 Å². The molecule has 32 heavy (non-hydrogen) atoms. The van der Waals surface area contributed by atoms with Gasteiger partial charge in [-0.05, 0) is 58.3 Å². The van der Waals surface area contributed by atoms with E-state index in [1.165, 1.54) is 16.8 Å². The molecule has 13 heteroatoms. The molecule has 3 aromatic rings. The minimum atomic E-state index is -4.79. The van der Waals surface area contributed by atoms with Crippen LogP contribution in [-0.4, -0.2) is 21.1 Å². The quantitative estimate of drug-likeness (QED) is 0.223. The summed E-state index contributed by atoms with van der Waals surface area (Å²) in [5.74, 6) is -1.53. The molecule has 0 aliphatic carbocycles. The lowest BCUT2D eigenvalue weighted by atomic mass is 10.0. The summed E-state index contributed by atoms with van der Waals surface area (Å²) in [5, 5.41) is 4.17. The molecule has 2 aromatic heterocycles. The Labute approximate surface area is 198 Å². The Balaban J connectivity index is 1.65. The van der Waals surface area contributed by atoms with Crippen molar-refractivity contribution in [2.24, 2.45) is 0 Å². The third kappa shape index (κ3) is 4.55. The van der Waals surface area contributed by atoms with Gasteiger partial charge in [0.05, 0.1) is 18.3 Å². The van der Waals surface area contributed by atoms with Gasteiger partial charge in [-0.15, -0.1) is 0 Å². The van der Waals surface area contributed by atoms with Crippen LogP contribution in [0.2, 0.25) is 5.02 Å². The molecule has 1 aromatic carbocycles. The van der Waals surface area contributed by atoms with Gasteiger partial charge in [0.25, 0.3) is 5.56 Å². The summed E-state index contributed by atoms with van der Waals surface area (Å²) in [6.07, 6.45) is -1.35. The second-order valence-electron chi connectivity index (χ2n) is 6.81. The first-order valence-electron chi connectivity index (χ1n) is 9.10. The van der Waals surface area contributed by atoms with Gasteiger partial charge in [-0.2, -0.15) is 18.3 Å². The van der Waals surface area contributed by atoms with Gasteiger partial charge in [0.2, 0.25) is 5.88 Å². The molecule has 1 unspecified atom stereocenters. The Morgan fingerprint density at radius 2 is 2.03 bits per heavy atom. The average molecular weight is 599 g/mol. The van der Waals surface area contributed by atoms with Crippen LogP contribution in [0.5, 0.6) is 11.6 Å². The van der Waals surface area contributed by atoms with Crippen molar-refractivity contribution in [2.45, 2.75) is 19.1 Å². The fourth-order valence-corrected chi connectivity index (χ4v) is 5.01. The Kier molecular flexibility index (Phi) is 6.60. The fraction of sp³-hybridized carbons (Fsp3) is 0.211. The Morgan fingerprint density at radius 1 is 1.25 bits per heavy atom. The summed E-state index contributed by atoms with van der Waals surface area (Å²) in [6, 6.07) is 3.94. The number of halogens is 6. The summed E-state index contributed by atoms with van der Waals surface area (Å²) in [5.41, 5.74) is 0.256. The molecule has 4 rings (SSSR count). The van der Waals surface area contributed by atoms with Gasteiger partial charge in [0, 0.05) is 24.8 Å². The fourth-order valence-electron chi connectivity index (χ4n) is 3.37. The molecule has 168 valence electrons. The second-order valence-corrected chi connectivity index (χ2v) is 9.23. The molecule has 6 nitrogen and oxygen atoms in total. The van der Waals surface area contributed by atoms with E-state index in [2.05, 4.69) is 10.1 Å². The molecular formula is C19H13ClF4IN4O2P. The molecule has 0 N–H and O–H groups in total. The summed E-state index contributed by atoms with van der Waals surface area (Å²) in [6.45, 7) is 0.753. The van der Waals surface area contributed by atoms with Crippen LogP contribution >= 0.6 is 40.0 Å². The zero-order chi connectivity index (χ0) is 23.0. The van der Waals surface area contributed by atoms with Gasteiger partial charge < -0.3 is 9.64 Å². The van der Waals surface area contributed by atoms with E-state index in [0.29, 0.717) is 36.8 Å². The standard InChI is InChI=1S/C19H13ClF4IN4O2P/c20-16-14(8-27-29(32-25)18(16)30)28-6-4-12-10(9-28)3-5-26-17(12)31-15-2-1-11(21)7-13(15)19(22,23)24/h1-3,5,7-8,32H,4,6,9H2. The van der Waals surface area contributed by atoms with Crippen LogP contribution in [0.25, 0.3) is 0 Å². The highest BCUT2D eigenvalue weighted by molar-refractivity contribution is 14.2. The van der Waals surface area contributed by atoms with Crippen LogP contribution in [0.1, 0.15) is 16.7 Å². The van der Waals surface area contributed by atoms with Crippen molar-refractivity contribution < 1.29 is 22.3 Å². The Bertz CT molecular complexity index is 1240. The van der Waals surface area contributed by atoms with Gasteiger partial charge in [-0.1, -0.05) is 11.6 Å². The lowest BCUT2D eigenvalue weighted by Crippen LogP contribution is -2.33. The van der Waals surface area contributed by atoms with Crippen LogP contribution in [0.15, 0.2) is 41.5 Å². The summed E-state index contributed by atoms with van der Waals surface area (Å²) < 4.78 is 60.1. The minimum absolute atomic E-state index is 0.0185. The highest BCUT2D eigenvalue weighted by atomic mass is 127.